The second kappa shape index (κ2) is 5.40. The number of carbonyl (C=O) groups excluding carboxylic acids is 1. The van der Waals surface area contributed by atoms with Gasteiger partial charge in [0.25, 0.3) is 5.91 Å². The molecule has 0 unspecified atom stereocenters. The minimum atomic E-state index is -1.25. The van der Waals surface area contributed by atoms with Gasteiger partial charge in [0.1, 0.15) is 17.3 Å². The lowest BCUT2D eigenvalue weighted by Gasteiger charge is -2.08. The number of aromatic carboxylic acids is 1. The number of nitrogens with one attached hydrogen (secondary N) is 1. The highest BCUT2D eigenvalue weighted by molar-refractivity contribution is 6.09. The van der Waals surface area contributed by atoms with Crippen LogP contribution in [0, 0.1) is 26.6 Å². The average molecular weight is 291 g/mol. The van der Waals surface area contributed by atoms with Crippen molar-refractivity contribution in [3.05, 3.63) is 52.2 Å². The van der Waals surface area contributed by atoms with Crippen LogP contribution < -0.4 is 5.32 Å². The molecule has 1 aromatic carbocycles. The summed E-state index contributed by atoms with van der Waals surface area (Å²) in [6.45, 7) is 5.09. The summed E-state index contributed by atoms with van der Waals surface area (Å²) < 4.78 is 18.6. The predicted octanol–water partition coefficient (Wildman–Crippen LogP) is 3.29. The first-order valence-corrected chi connectivity index (χ1v) is 6.22. The number of carboxylic acids is 1. The van der Waals surface area contributed by atoms with E-state index in [-0.39, 0.29) is 11.3 Å². The van der Waals surface area contributed by atoms with E-state index in [4.69, 9.17) is 9.52 Å². The third kappa shape index (κ3) is 2.79. The fourth-order valence-corrected chi connectivity index (χ4v) is 2.12. The van der Waals surface area contributed by atoms with Gasteiger partial charge in [0.05, 0.1) is 16.8 Å². The standard InChI is InChI=1S/C15H14FNO4/c1-7-8(2)21-9(3)13(7)14(18)17-12-6-10(16)4-5-11(12)15(19)20/h4-6H,1-3H3,(H,17,18)(H,19,20). The van der Waals surface area contributed by atoms with E-state index in [0.29, 0.717) is 22.6 Å². The molecule has 1 amide bonds. The van der Waals surface area contributed by atoms with E-state index < -0.39 is 17.7 Å². The zero-order chi connectivity index (χ0) is 15.7. The van der Waals surface area contributed by atoms with Gasteiger partial charge in [-0.05, 0) is 39.0 Å². The predicted molar refractivity (Wildman–Crippen MR) is 74.2 cm³/mol. The molecule has 1 heterocycles. The highest BCUT2D eigenvalue weighted by atomic mass is 19.1. The monoisotopic (exact) mass is 291 g/mol. The highest BCUT2D eigenvalue weighted by Gasteiger charge is 2.21. The molecule has 0 atom stereocenters. The van der Waals surface area contributed by atoms with Gasteiger partial charge >= 0.3 is 5.97 Å². The van der Waals surface area contributed by atoms with Crippen molar-refractivity contribution in [3.63, 3.8) is 0 Å². The van der Waals surface area contributed by atoms with Crippen LogP contribution in [0.25, 0.3) is 0 Å². The first kappa shape index (κ1) is 14.8. The molecule has 0 aliphatic carbocycles. The van der Waals surface area contributed by atoms with Crippen LogP contribution in [0.3, 0.4) is 0 Å². The van der Waals surface area contributed by atoms with Crippen molar-refractivity contribution in [1.29, 1.82) is 0 Å². The van der Waals surface area contributed by atoms with E-state index in [2.05, 4.69) is 5.32 Å². The lowest BCUT2D eigenvalue weighted by atomic mass is 10.1. The molecule has 1 aromatic heterocycles. The van der Waals surface area contributed by atoms with Crippen molar-refractivity contribution in [1.82, 2.24) is 0 Å². The summed E-state index contributed by atoms with van der Waals surface area (Å²) in [6.07, 6.45) is 0. The largest absolute Gasteiger partial charge is 0.478 e. The number of rotatable bonds is 3. The first-order valence-electron chi connectivity index (χ1n) is 6.22. The summed E-state index contributed by atoms with van der Waals surface area (Å²) in [7, 11) is 0. The highest BCUT2D eigenvalue weighted by Crippen LogP contribution is 2.23. The molecular formula is C15H14FNO4. The smallest absolute Gasteiger partial charge is 0.337 e. The Labute approximate surface area is 120 Å². The lowest BCUT2D eigenvalue weighted by Crippen LogP contribution is -2.16. The van der Waals surface area contributed by atoms with E-state index in [0.717, 1.165) is 18.2 Å². The van der Waals surface area contributed by atoms with Crippen LogP contribution in [0.15, 0.2) is 22.6 Å². The Kier molecular flexibility index (Phi) is 3.80. The van der Waals surface area contributed by atoms with Crippen LogP contribution in [0.2, 0.25) is 0 Å². The van der Waals surface area contributed by atoms with Crippen molar-refractivity contribution >= 4 is 17.6 Å². The maximum Gasteiger partial charge on any atom is 0.337 e. The fourth-order valence-electron chi connectivity index (χ4n) is 2.12. The molecule has 0 aliphatic rings. The number of furan rings is 1. The van der Waals surface area contributed by atoms with Gasteiger partial charge < -0.3 is 14.8 Å². The lowest BCUT2D eigenvalue weighted by molar-refractivity contribution is 0.0698. The van der Waals surface area contributed by atoms with Gasteiger partial charge in [-0.25, -0.2) is 9.18 Å². The Balaban J connectivity index is 2.40. The summed E-state index contributed by atoms with van der Waals surface area (Å²) in [5.41, 5.74) is 0.719. The molecule has 2 N–H and O–H groups in total. The van der Waals surface area contributed by atoms with Crippen molar-refractivity contribution in [2.75, 3.05) is 5.32 Å². The van der Waals surface area contributed by atoms with Crippen LogP contribution in [-0.4, -0.2) is 17.0 Å². The van der Waals surface area contributed by atoms with Gasteiger partial charge in [0.2, 0.25) is 0 Å². The van der Waals surface area contributed by atoms with Gasteiger partial charge in [-0.3, -0.25) is 4.79 Å². The second-order valence-corrected chi connectivity index (χ2v) is 4.66. The van der Waals surface area contributed by atoms with Gasteiger partial charge in [0.15, 0.2) is 0 Å². The molecule has 0 aliphatic heterocycles. The first-order chi connectivity index (χ1) is 9.81. The number of hydrogen-bond acceptors (Lipinski definition) is 3. The Morgan fingerprint density at radius 3 is 2.38 bits per heavy atom. The van der Waals surface area contributed by atoms with Crippen LogP contribution in [0.4, 0.5) is 10.1 Å². The minimum Gasteiger partial charge on any atom is -0.478 e. The molecule has 0 saturated heterocycles. The molecule has 0 saturated carbocycles. The number of benzene rings is 1. The van der Waals surface area contributed by atoms with Crippen LogP contribution in [0.5, 0.6) is 0 Å². The van der Waals surface area contributed by atoms with Crippen molar-refractivity contribution < 1.29 is 23.5 Å². The molecular weight excluding hydrogens is 277 g/mol. The Hall–Kier alpha value is -2.63. The number of aryl methyl sites for hydroxylation is 2. The third-order valence-electron chi connectivity index (χ3n) is 3.25. The van der Waals surface area contributed by atoms with E-state index in [1.165, 1.54) is 0 Å². The molecule has 6 heteroatoms. The van der Waals surface area contributed by atoms with E-state index >= 15 is 0 Å². The van der Waals surface area contributed by atoms with Gasteiger partial charge in [-0.15, -0.1) is 0 Å². The van der Waals surface area contributed by atoms with E-state index in [1.807, 2.05) is 0 Å². The molecule has 2 aromatic rings. The number of amides is 1. The van der Waals surface area contributed by atoms with Gasteiger partial charge in [-0.2, -0.15) is 0 Å². The normalized spacial score (nSPS) is 10.5. The number of hydrogen-bond donors (Lipinski definition) is 2. The molecule has 0 spiro atoms. The maximum atomic E-state index is 13.3. The molecule has 110 valence electrons. The summed E-state index contributed by atoms with van der Waals surface area (Å²) in [5.74, 6) is -1.38. The third-order valence-corrected chi connectivity index (χ3v) is 3.25. The van der Waals surface area contributed by atoms with Crippen LogP contribution in [-0.2, 0) is 0 Å². The number of anilines is 1. The van der Waals surface area contributed by atoms with E-state index in [1.54, 1.807) is 20.8 Å². The number of carboxylic acid groups (broad SMARTS) is 1. The zero-order valence-corrected chi connectivity index (χ0v) is 11.8. The van der Waals surface area contributed by atoms with Gasteiger partial charge in [0, 0.05) is 5.56 Å². The quantitative estimate of drug-likeness (QED) is 0.909. The van der Waals surface area contributed by atoms with Crippen molar-refractivity contribution in [2.24, 2.45) is 0 Å². The average Bonchev–Trinajstić information content (AvgIpc) is 2.62. The molecule has 0 radical (unpaired) electrons. The Morgan fingerprint density at radius 2 is 1.86 bits per heavy atom. The second-order valence-electron chi connectivity index (χ2n) is 4.66. The fraction of sp³-hybridized carbons (Fsp3) is 0.200. The van der Waals surface area contributed by atoms with Gasteiger partial charge in [-0.1, -0.05) is 0 Å². The van der Waals surface area contributed by atoms with Crippen LogP contribution in [0.1, 0.15) is 37.8 Å². The Morgan fingerprint density at radius 1 is 1.19 bits per heavy atom. The minimum absolute atomic E-state index is 0.0925. The summed E-state index contributed by atoms with van der Waals surface area (Å²) in [4.78, 5) is 23.4. The Bertz CT molecular complexity index is 734. The maximum absolute atomic E-state index is 13.3. The SMILES string of the molecule is Cc1oc(C)c(C(=O)Nc2cc(F)ccc2C(=O)O)c1C. The number of halogens is 1. The molecule has 0 bridgehead atoms. The zero-order valence-electron chi connectivity index (χ0n) is 11.8. The summed E-state index contributed by atoms with van der Waals surface area (Å²) in [5, 5.41) is 11.5. The van der Waals surface area contributed by atoms with Crippen molar-refractivity contribution in [3.8, 4) is 0 Å². The van der Waals surface area contributed by atoms with E-state index in [9.17, 15) is 14.0 Å². The summed E-state index contributed by atoms with van der Waals surface area (Å²) in [6, 6.07) is 3.10. The van der Waals surface area contributed by atoms with Crippen molar-refractivity contribution in [2.45, 2.75) is 20.8 Å². The number of carbonyl (C=O) groups is 2. The molecule has 2 rings (SSSR count). The molecule has 5 nitrogen and oxygen atoms in total. The molecule has 21 heavy (non-hydrogen) atoms. The molecule has 0 fully saturated rings. The topological polar surface area (TPSA) is 79.5 Å². The summed E-state index contributed by atoms with van der Waals surface area (Å²) >= 11 is 0. The van der Waals surface area contributed by atoms with Crippen LogP contribution >= 0.6 is 0 Å².